The van der Waals surface area contributed by atoms with E-state index in [1.54, 1.807) is 11.3 Å². The van der Waals surface area contributed by atoms with E-state index in [-0.39, 0.29) is 17.4 Å². The van der Waals surface area contributed by atoms with E-state index < -0.39 is 0 Å². The summed E-state index contributed by atoms with van der Waals surface area (Å²) in [6, 6.07) is 4.01. The number of nitrogens with one attached hydrogen (secondary N) is 1. The summed E-state index contributed by atoms with van der Waals surface area (Å²) in [6.07, 6.45) is 3.68. The number of nitrogen functional groups attached to an aromatic ring is 1. The average Bonchev–Trinajstić information content (AvgIpc) is 2.75. The van der Waals surface area contributed by atoms with Crippen LogP contribution in [0.1, 0.15) is 15.4 Å². The Hall–Kier alpha value is -1.47. The van der Waals surface area contributed by atoms with Crippen molar-refractivity contribution in [3.05, 3.63) is 38.9 Å². The van der Waals surface area contributed by atoms with Gasteiger partial charge in [-0.25, -0.2) is 9.97 Å². The molecule has 0 aliphatic heterocycles. The molecular formula is C11H11BrN4OS. The van der Waals surface area contributed by atoms with Gasteiger partial charge < -0.3 is 11.1 Å². The zero-order valence-electron chi connectivity index (χ0n) is 9.39. The topological polar surface area (TPSA) is 80.9 Å². The van der Waals surface area contributed by atoms with Gasteiger partial charge in [0.25, 0.3) is 5.91 Å². The van der Waals surface area contributed by atoms with Gasteiger partial charge in [-0.15, -0.1) is 11.3 Å². The molecular weight excluding hydrogens is 316 g/mol. The third-order valence-corrected chi connectivity index (χ3v) is 3.91. The van der Waals surface area contributed by atoms with Gasteiger partial charge in [0.15, 0.2) is 11.5 Å². The monoisotopic (exact) mass is 326 g/mol. The van der Waals surface area contributed by atoms with E-state index >= 15 is 0 Å². The van der Waals surface area contributed by atoms with Gasteiger partial charge in [0.05, 0.1) is 3.79 Å². The Bertz CT molecular complexity index is 557. The van der Waals surface area contributed by atoms with Crippen molar-refractivity contribution < 1.29 is 4.79 Å². The second-order valence-corrected chi connectivity index (χ2v) is 6.05. The van der Waals surface area contributed by atoms with E-state index in [2.05, 4.69) is 31.2 Å². The minimum absolute atomic E-state index is 0.147. The molecule has 0 bridgehead atoms. The Kier molecular flexibility index (Phi) is 4.27. The minimum atomic E-state index is -0.295. The predicted octanol–water partition coefficient (Wildman–Crippen LogP) is 1.86. The largest absolute Gasteiger partial charge is 0.382 e. The van der Waals surface area contributed by atoms with Gasteiger partial charge in [-0.1, -0.05) is 0 Å². The lowest BCUT2D eigenvalue weighted by Crippen LogP contribution is -2.27. The number of amides is 1. The van der Waals surface area contributed by atoms with Crippen molar-refractivity contribution >= 4 is 39.0 Å². The zero-order chi connectivity index (χ0) is 13.0. The molecule has 0 spiro atoms. The molecule has 2 aromatic heterocycles. The minimum Gasteiger partial charge on any atom is -0.382 e. The number of nitrogens with two attached hydrogens (primary N) is 1. The Morgan fingerprint density at radius 1 is 1.39 bits per heavy atom. The zero-order valence-corrected chi connectivity index (χ0v) is 11.8. The van der Waals surface area contributed by atoms with Gasteiger partial charge in [0.1, 0.15) is 0 Å². The quantitative estimate of drug-likeness (QED) is 0.898. The molecule has 1 amide bonds. The van der Waals surface area contributed by atoms with E-state index in [1.807, 2.05) is 12.1 Å². The number of anilines is 1. The second-order valence-electron chi connectivity index (χ2n) is 3.50. The lowest BCUT2D eigenvalue weighted by Gasteiger charge is -2.04. The van der Waals surface area contributed by atoms with Gasteiger partial charge in [-0.2, -0.15) is 0 Å². The first-order valence-corrected chi connectivity index (χ1v) is 6.86. The number of hydrogen-bond acceptors (Lipinski definition) is 5. The fourth-order valence-corrected chi connectivity index (χ4v) is 2.88. The van der Waals surface area contributed by atoms with Crippen molar-refractivity contribution in [2.24, 2.45) is 0 Å². The maximum atomic E-state index is 11.8. The Labute approximate surface area is 117 Å². The van der Waals surface area contributed by atoms with Crippen LogP contribution in [0.15, 0.2) is 28.3 Å². The summed E-state index contributed by atoms with van der Waals surface area (Å²) in [5.41, 5.74) is 5.74. The van der Waals surface area contributed by atoms with Crippen LogP contribution in [0.3, 0.4) is 0 Å². The lowest BCUT2D eigenvalue weighted by molar-refractivity contribution is 0.0950. The summed E-state index contributed by atoms with van der Waals surface area (Å²) < 4.78 is 1.09. The lowest BCUT2D eigenvalue weighted by atomic mass is 10.3. The van der Waals surface area contributed by atoms with Crippen LogP contribution in [0.4, 0.5) is 5.82 Å². The number of thiophene rings is 1. The molecule has 5 nitrogen and oxygen atoms in total. The van der Waals surface area contributed by atoms with Crippen molar-refractivity contribution in [2.75, 3.05) is 12.3 Å². The van der Waals surface area contributed by atoms with E-state index in [1.165, 1.54) is 17.3 Å². The number of rotatable bonds is 4. The molecule has 0 fully saturated rings. The summed E-state index contributed by atoms with van der Waals surface area (Å²) in [7, 11) is 0. The van der Waals surface area contributed by atoms with Gasteiger partial charge in [-0.05, 0) is 34.5 Å². The molecule has 0 aliphatic rings. The first-order valence-electron chi connectivity index (χ1n) is 5.25. The van der Waals surface area contributed by atoms with Crippen LogP contribution in [0.25, 0.3) is 0 Å². The van der Waals surface area contributed by atoms with Gasteiger partial charge in [0, 0.05) is 23.8 Å². The number of hydrogen-bond donors (Lipinski definition) is 2. The van der Waals surface area contributed by atoms with Crippen LogP contribution >= 0.6 is 27.3 Å². The third kappa shape index (κ3) is 3.27. The van der Waals surface area contributed by atoms with Crippen LogP contribution in [0, 0.1) is 0 Å². The highest BCUT2D eigenvalue weighted by Crippen LogP contribution is 2.22. The smallest absolute Gasteiger partial charge is 0.273 e. The number of nitrogens with zero attached hydrogens (tertiary/aromatic N) is 2. The second kappa shape index (κ2) is 5.92. The van der Waals surface area contributed by atoms with E-state index in [9.17, 15) is 4.79 Å². The summed E-state index contributed by atoms with van der Waals surface area (Å²) in [6.45, 7) is 0.543. The fourth-order valence-electron chi connectivity index (χ4n) is 1.39. The molecule has 2 aromatic rings. The van der Waals surface area contributed by atoms with Gasteiger partial charge in [-0.3, -0.25) is 4.79 Å². The van der Waals surface area contributed by atoms with Crippen LogP contribution < -0.4 is 11.1 Å². The Morgan fingerprint density at radius 3 is 2.83 bits per heavy atom. The standard InChI is InChI=1S/C11H11BrN4OS/c12-8-2-1-7(18-8)3-4-16-11(17)9-10(13)15-6-5-14-9/h1-2,5-6H,3-4H2,(H2,13,15)(H,16,17). The molecule has 3 N–H and O–H groups in total. The van der Waals surface area contributed by atoms with Crippen molar-refractivity contribution in [1.82, 2.24) is 15.3 Å². The van der Waals surface area contributed by atoms with Crippen molar-refractivity contribution in [3.8, 4) is 0 Å². The third-order valence-electron chi connectivity index (χ3n) is 2.23. The van der Waals surface area contributed by atoms with Crippen LogP contribution in [0.5, 0.6) is 0 Å². The molecule has 0 unspecified atom stereocenters. The van der Waals surface area contributed by atoms with Gasteiger partial charge >= 0.3 is 0 Å². The van der Waals surface area contributed by atoms with Crippen molar-refractivity contribution in [1.29, 1.82) is 0 Å². The number of aromatic nitrogens is 2. The highest BCUT2D eigenvalue weighted by molar-refractivity contribution is 9.11. The summed E-state index contributed by atoms with van der Waals surface area (Å²) in [5.74, 6) is -0.148. The predicted molar refractivity (Wildman–Crippen MR) is 74.5 cm³/mol. The van der Waals surface area contributed by atoms with E-state index in [4.69, 9.17) is 5.73 Å². The summed E-state index contributed by atoms with van der Waals surface area (Å²) in [5, 5.41) is 2.77. The Morgan fingerprint density at radius 2 is 2.17 bits per heavy atom. The molecule has 7 heteroatoms. The molecule has 2 heterocycles. The van der Waals surface area contributed by atoms with Crippen LogP contribution in [-0.2, 0) is 6.42 Å². The van der Waals surface area contributed by atoms with Crippen molar-refractivity contribution in [2.45, 2.75) is 6.42 Å². The number of carbonyl (C=O) groups is 1. The molecule has 0 saturated carbocycles. The fraction of sp³-hybridized carbons (Fsp3) is 0.182. The molecule has 0 radical (unpaired) electrons. The molecule has 0 aromatic carbocycles. The van der Waals surface area contributed by atoms with E-state index in [0.29, 0.717) is 6.54 Å². The van der Waals surface area contributed by atoms with Crippen molar-refractivity contribution in [3.63, 3.8) is 0 Å². The summed E-state index contributed by atoms with van der Waals surface area (Å²) >= 11 is 5.05. The highest BCUT2D eigenvalue weighted by Gasteiger charge is 2.11. The molecule has 0 aliphatic carbocycles. The normalized spacial score (nSPS) is 10.3. The van der Waals surface area contributed by atoms with Crippen LogP contribution in [-0.4, -0.2) is 22.4 Å². The maximum absolute atomic E-state index is 11.8. The first-order chi connectivity index (χ1) is 8.66. The molecule has 0 saturated heterocycles. The first kappa shape index (κ1) is 13.0. The molecule has 18 heavy (non-hydrogen) atoms. The highest BCUT2D eigenvalue weighted by atomic mass is 79.9. The molecule has 0 atom stereocenters. The maximum Gasteiger partial charge on any atom is 0.273 e. The molecule has 2 rings (SSSR count). The number of carbonyl (C=O) groups excluding carboxylic acids is 1. The molecule has 94 valence electrons. The van der Waals surface area contributed by atoms with E-state index in [0.717, 1.165) is 10.2 Å². The SMILES string of the molecule is Nc1nccnc1C(=O)NCCc1ccc(Br)s1. The van der Waals surface area contributed by atoms with Crippen LogP contribution in [0.2, 0.25) is 0 Å². The Balaban J connectivity index is 1.87. The van der Waals surface area contributed by atoms with Gasteiger partial charge in [0.2, 0.25) is 0 Å². The summed E-state index contributed by atoms with van der Waals surface area (Å²) in [4.78, 5) is 20.7. The number of halogens is 1. The average molecular weight is 327 g/mol.